The third-order valence-electron chi connectivity index (χ3n) is 3.65. The van der Waals surface area contributed by atoms with Gasteiger partial charge in [-0.2, -0.15) is 5.10 Å². The van der Waals surface area contributed by atoms with Gasteiger partial charge in [0.15, 0.2) is 0 Å². The molecule has 0 heterocycles. The van der Waals surface area contributed by atoms with Crippen LogP contribution >= 0.6 is 0 Å². The fourth-order valence-corrected chi connectivity index (χ4v) is 2.37. The van der Waals surface area contributed by atoms with E-state index in [1.165, 1.54) is 18.3 Å². The normalized spacial score (nSPS) is 10.6. The molecule has 0 aliphatic heterocycles. The molecule has 3 aromatic rings. The van der Waals surface area contributed by atoms with Gasteiger partial charge in [-0.15, -0.1) is 5.10 Å². The third kappa shape index (κ3) is 3.99. The van der Waals surface area contributed by atoms with E-state index >= 15 is 0 Å². The summed E-state index contributed by atoms with van der Waals surface area (Å²) in [6, 6.07) is 22.5. The van der Waals surface area contributed by atoms with Crippen LogP contribution in [0.5, 0.6) is 5.75 Å². The lowest BCUT2D eigenvalue weighted by molar-refractivity contribution is -0.385. The summed E-state index contributed by atoms with van der Waals surface area (Å²) >= 11 is 0. The fraction of sp³-hybridized carbons (Fsp3) is 0. The first-order valence-electron chi connectivity index (χ1n) is 7.82. The van der Waals surface area contributed by atoms with Gasteiger partial charge in [0.05, 0.1) is 11.1 Å². The number of hydrogen-bond acceptors (Lipinski definition) is 5. The van der Waals surface area contributed by atoms with Crippen LogP contribution in [0.4, 0.5) is 5.69 Å². The summed E-state index contributed by atoms with van der Waals surface area (Å²) in [5.41, 5.74) is 2.33. The fourth-order valence-electron chi connectivity index (χ4n) is 2.37. The number of rotatable bonds is 5. The van der Waals surface area contributed by atoms with Crippen molar-refractivity contribution < 1.29 is 10.0 Å². The summed E-state index contributed by atoms with van der Waals surface area (Å²) in [7, 11) is 0. The van der Waals surface area contributed by atoms with Crippen molar-refractivity contribution in [3.63, 3.8) is 0 Å². The zero-order chi connectivity index (χ0) is 18.4. The van der Waals surface area contributed by atoms with Gasteiger partial charge in [-0.25, -0.2) is 0 Å². The number of nitro benzene ring substituents is 1. The highest BCUT2D eigenvalue weighted by Crippen LogP contribution is 2.19. The third-order valence-corrected chi connectivity index (χ3v) is 3.65. The molecule has 3 rings (SSSR count). The molecule has 0 N–H and O–H groups in total. The van der Waals surface area contributed by atoms with Gasteiger partial charge in [0.25, 0.3) is 5.69 Å². The van der Waals surface area contributed by atoms with Crippen LogP contribution in [0.3, 0.4) is 0 Å². The molecule has 0 saturated carbocycles. The van der Waals surface area contributed by atoms with Crippen molar-refractivity contribution >= 4 is 17.6 Å². The van der Waals surface area contributed by atoms with Gasteiger partial charge in [-0.05, 0) is 5.56 Å². The van der Waals surface area contributed by atoms with Gasteiger partial charge in [-0.1, -0.05) is 72.5 Å². The minimum Gasteiger partial charge on any atom is -0.872 e. The first-order valence-corrected chi connectivity index (χ1v) is 7.82. The Balaban J connectivity index is 1.98. The molecular weight excluding hydrogens is 330 g/mol. The average Bonchev–Trinajstić information content (AvgIpc) is 2.67. The van der Waals surface area contributed by atoms with Crippen LogP contribution in [0.2, 0.25) is 0 Å². The molecular formula is C20H14N3O3-. The Labute approximate surface area is 149 Å². The van der Waals surface area contributed by atoms with E-state index in [0.29, 0.717) is 5.71 Å². The van der Waals surface area contributed by atoms with E-state index in [-0.39, 0.29) is 17.0 Å². The van der Waals surface area contributed by atoms with E-state index < -0.39 is 4.92 Å². The summed E-state index contributed by atoms with van der Waals surface area (Å²) in [6.45, 7) is 0. The second-order valence-electron chi connectivity index (χ2n) is 5.40. The van der Waals surface area contributed by atoms with Crippen molar-refractivity contribution in [2.24, 2.45) is 10.2 Å². The first kappa shape index (κ1) is 17.0. The van der Waals surface area contributed by atoms with Crippen molar-refractivity contribution in [3.8, 4) is 5.75 Å². The van der Waals surface area contributed by atoms with Gasteiger partial charge >= 0.3 is 0 Å². The predicted octanol–water partition coefficient (Wildman–Crippen LogP) is 3.54. The molecule has 0 fully saturated rings. The summed E-state index contributed by atoms with van der Waals surface area (Å²) in [5.74, 6) is -0.351. The van der Waals surface area contributed by atoms with Gasteiger partial charge < -0.3 is 5.11 Å². The molecule has 6 heteroatoms. The van der Waals surface area contributed by atoms with E-state index in [1.54, 1.807) is 0 Å². The van der Waals surface area contributed by atoms with Crippen LogP contribution in [-0.4, -0.2) is 16.8 Å². The lowest BCUT2D eigenvalue weighted by Gasteiger charge is -2.08. The minimum absolute atomic E-state index is 0.114. The lowest BCUT2D eigenvalue weighted by Crippen LogP contribution is -2.02. The number of non-ortho nitro benzene ring substituents is 1. The Kier molecular flexibility index (Phi) is 5.14. The summed E-state index contributed by atoms with van der Waals surface area (Å²) in [6.07, 6.45) is 1.24. The largest absolute Gasteiger partial charge is 0.872 e. The van der Waals surface area contributed by atoms with Crippen molar-refractivity contribution in [1.82, 2.24) is 0 Å². The Hall–Kier alpha value is -3.80. The van der Waals surface area contributed by atoms with E-state index in [1.807, 2.05) is 60.7 Å². The Morgan fingerprint density at radius 3 is 2.00 bits per heavy atom. The van der Waals surface area contributed by atoms with Crippen LogP contribution < -0.4 is 5.11 Å². The molecule has 0 saturated heterocycles. The maximum atomic E-state index is 11.8. The Bertz CT molecular complexity index is 927. The quantitative estimate of drug-likeness (QED) is 0.403. The number of hydrogen-bond donors (Lipinski definition) is 0. The minimum atomic E-state index is -0.556. The van der Waals surface area contributed by atoms with Gasteiger partial charge in [0, 0.05) is 23.3 Å². The Morgan fingerprint density at radius 2 is 1.46 bits per heavy atom. The smallest absolute Gasteiger partial charge is 0.270 e. The van der Waals surface area contributed by atoms with E-state index in [9.17, 15) is 15.2 Å². The van der Waals surface area contributed by atoms with Gasteiger partial charge in [-0.3, -0.25) is 10.1 Å². The molecule has 3 aromatic carbocycles. The molecule has 0 atom stereocenters. The number of nitrogens with zero attached hydrogens (tertiary/aromatic N) is 3. The summed E-state index contributed by atoms with van der Waals surface area (Å²) < 4.78 is 0. The molecule has 0 aliphatic carbocycles. The molecule has 6 nitrogen and oxygen atoms in total. The van der Waals surface area contributed by atoms with E-state index in [4.69, 9.17) is 0 Å². The molecule has 0 aliphatic rings. The SMILES string of the molecule is O=[N+]([O-])c1ccc([O-])c(/C=N\N=C(c2ccccc2)c2ccccc2)c1. The topological polar surface area (TPSA) is 90.9 Å². The van der Waals surface area contributed by atoms with Crippen LogP contribution in [0.25, 0.3) is 0 Å². The highest BCUT2D eigenvalue weighted by Gasteiger charge is 2.07. The maximum absolute atomic E-state index is 11.8. The van der Waals surface area contributed by atoms with Gasteiger partial charge in [0.2, 0.25) is 0 Å². The number of benzene rings is 3. The molecule has 128 valence electrons. The zero-order valence-electron chi connectivity index (χ0n) is 13.6. The van der Waals surface area contributed by atoms with Crippen LogP contribution in [0.1, 0.15) is 16.7 Å². The van der Waals surface area contributed by atoms with Crippen molar-refractivity contribution in [3.05, 3.63) is 106 Å². The molecule has 26 heavy (non-hydrogen) atoms. The summed E-state index contributed by atoms with van der Waals surface area (Å²) in [4.78, 5) is 10.3. The monoisotopic (exact) mass is 344 g/mol. The van der Waals surface area contributed by atoms with E-state index in [0.717, 1.165) is 17.2 Å². The molecule has 0 aromatic heterocycles. The van der Waals surface area contributed by atoms with Crippen molar-refractivity contribution in [1.29, 1.82) is 0 Å². The highest BCUT2D eigenvalue weighted by atomic mass is 16.6. The maximum Gasteiger partial charge on any atom is 0.270 e. The number of nitro groups is 1. The Morgan fingerprint density at radius 1 is 0.885 bits per heavy atom. The first-order chi connectivity index (χ1) is 12.6. The second kappa shape index (κ2) is 7.85. The highest BCUT2D eigenvalue weighted by molar-refractivity contribution is 6.13. The van der Waals surface area contributed by atoms with Crippen molar-refractivity contribution in [2.45, 2.75) is 0 Å². The predicted molar refractivity (Wildman–Crippen MR) is 98.7 cm³/mol. The van der Waals surface area contributed by atoms with Crippen molar-refractivity contribution in [2.75, 3.05) is 0 Å². The molecule has 0 amide bonds. The lowest BCUT2D eigenvalue weighted by atomic mass is 10.0. The standard InChI is InChI=1S/C20H15N3O3/c24-19-12-11-18(23(25)26)13-17(19)14-21-22-20(15-7-3-1-4-8-15)16-9-5-2-6-10-16/h1-14,24H/p-1/b21-14-. The average molecular weight is 344 g/mol. The molecule has 0 unspecified atom stereocenters. The molecule has 0 spiro atoms. The van der Waals surface area contributed by atoms with Crippen LogP contribution in [0.15, 0.2) is 89.1 Å². The van der Waals surface area contributed by atoms with Crippen LogP contribution in [0, 0.1) is 10.1 Å². The van der Waals surface area contributed by atoms with Crippen LogP contribution in [-0.2, 0) is 0 Å². The zero-order valence-corrected chi connectivity index (χ0v) is 13.6. The molecule has 0 radical (unpaired) electrons. The van der Waals surface area contributed by atoms with E-state index in [2.05, 4.69) is 10.2 Å². The molecule has 0 bridgehead atoms. The summed E-state index contributed by atoms with van der Waals surface area (Å²) in [5, 5.41) is 30.9. The van der Waals surface area contributed by atoms with Gasteiger partial charge in [0.1, 0.15) is 5.71 Å². The second-order valence-corrected chi connectivity index (χ2v) is 5.40.